The van der Waals surface area contributed by atoms with E-state index in [9.17, 15) is 4.39 Å². The highest BCUT2D eigenvalue weighted by atomic mass is 19.1. The van der Waals surface area contributed by atoms with Crippen LogP contribution < -0.4 is 0 Å². The zero-order valence-corrected chi connectivity index (χ0v) is 7.50. The number of ether oxygens (including phenoxy) is 1. The van der Waals surface area contributed by atoms with Crippen LogP contribution in [0.3, 0.4) is 0 Å². The summed E-state index contributed by atoms with van der Waals surface area (Å²) < 4.78 is 19.4. The van der Waals surface area contributed by atoms with Crippen LogP contribution in [-0.2, 0) is 10.4 Å². The minimum Gasteiger partial charge on any atom is -0.381 e. The molecule has 0 aliphatic carbocycles. The average Bonchev–Trinajstić information content (AvgIpc) is 2.20. The lowest BCUT2D eigenvalue weighted by Crippen LogP contribution is -2.29. The zero-order valence-electron chi connectivity index (χ0n) is 7.50. The predicted molar refractivity (Wildman–Crippen MR) is 49.3 cm³/mol. The Kier molecular flexibility index (Phi) is 2.32. The molecule has 1 fully saturated rings. The number of rotatable bonds is 1. The van der Waals surface area contributed by atoms with Crippen LogP contribution in [0.5, 0.6) is 0 Å². The largest absolute Gasteiger partial charge is 0.381 e. The van der Waals surface area contributed by atoms with Crippen LogP contribution >= 0.6 is 0 Å². The van der Waals surface area contributed by atoms with Crippen molar-refractivity contribution in [2.45, 2.75) is 18.5 Å². The van der Waals surface area contributed by atoms with Crippen LogP contribution in [0.1, 0.15) is 18.4 Å². The molecule has 1 saturated heterocycles. The molecule has 1 nitrogen and oxygen atoms in total. The van der Waals surface area contributed by atoms with Crippen molar-refractivity contribution in [3.63, 3.8) is 0 Å². The standard InChI is InChI=1S/C11H13FO/c12-11(6-8-13-9-7-11)10-4-2-1-3-5-10/h1-5H,6-9H2. The van der Waals surface area contributed by atoms with Gasteiger partial charge in [-0.2, -0.15) is 0 Å². The van der Waals surface area contributed by atoms with Gasteiger partial charge in [0.25, 0.3) is 0 Å². The Labute approximate surface area is 77.5 Å². The SMILES string of the molecule is FC1(c2ccccc2)CCOCC1. The van der Waals surface area contributed by atoms with E-state index in [1.807, 2.05) is 30.3 Å². The van der Waals surface area contributed by atoms with E-state index in [4.69, 9.17) is 4.74 Å². The van der Waals surface area contributed by atoms with Crippen molar-refractivity contribution in [1.29, 1.82) is 0 Å². The molecule has 0 aromatic heterocycles. The number of benzene rings is 1. The van der Waals surface area contributed by atoms with Gasteiger partial charge in [0.2, 0.25) is 0 Å². The molecule has 0 saturated carbocycles. The van der Waals surface area contributed by atoms with Gasteiger partial charge in [-0.3, -0.25) is 0 Å². The Morgan fingerprint density at radius 2 is 1.69 bits per heavy atom. The van der Waals surface area contributed by atoms with Crippen molar-refractivity contribution in [3.8, 4) is 0 Å². The molecule has 1 aliphatic rings. The smallest absolute Gasteiger partial charge is 0.140 e. The van der Waals surface area contributed by atoms with Gasteiger partial charge < -0.3 is 4.74 Å². The fraction of sp³-hybridized carbons (Fsp3) is 0.455. The molecule has 2 rings (SSSR count). The van der Waals surface area contributed by atoms with Crippen molar-refractivity contribution in [3.05, 3.63) is 35.9 Å². The van der Waals surface area contributed by atoms with E-state index < -0.39 is 5.67 Å². The first-order chi connectivity index (χ1) is 6.31. The van der Waals surface area contributed by atoms with Crippen LogP contribution in [0.15, 0.2) is 30.3 Å². The lowest BCUT2D eigenvalue weighted by Gasteiger charge is -2.29. The highest BCUT2D eigenvalue weighted by Gasteiger charge is 2.33. The van der Waals surface area contributed by atoms with Crippen LogP contribution in [0.4, 0.5) is 4.39 Å². The topological polar surface area (TPSA) is 9.23 Å². The van der Waals surface area contributed by atoms with Gasteiger partial charge in [0.1, 0.15) is 5.67 Å². The van der Waals surface area contributed by atoms with Gasteiger partial charge in [0.15, 0.2) is 0 Å². The Balaban J connectivity index is 2.23. The summed E-state index contributed by atoms with van der Waals surface area (Å²) in [6.45, 7) is 1.07. The summed E-state index contributed by atoms with van der Waals surface area (Å²) in [6.07, 6.45) is 0.966. The van der Waals surface area contributed by atoms with Crippen LogP contribution in [0.2, 0.25) is 0 Å². The summed E-state index contributed by atoms with van der Waals surface area (Å²) in [4.78, 5) is 0. The summed E-state index contributed by atoms with van der Waals surface area (Å²) in [6, 6.07) is 9.38. The number of halogens is 1. The predicted octanol–water partition coefficient (Wildman–Crippen LogP) is 2.66. The third-order valence-corrected chi connectivity index (χ3v) is 2.58. The molecule has 1 aliphatic heterocycles. The van der Waals surface area contributed by atoms with Gasteiger partial charge in [-0.25, -0.2) is 4.39 Å². The minimum atomic E-state index is -1.15. The highest BCUT2D eigenvalue weighted by molar-refractivity contribution is 5.22. The molecule has 1 aromatic carbocycles. The highest BCUT2D eigenvalue weighted by Crippen LogP contribution is 2.35. The van der Waals surface area contributed by atoms with Gasteiger partial charge in [-0.05, 0) is 5.56 Å². The summed E-state index contributed by atoms with van der Waals surface area (Å²) in [5.74, 6) is 0. The fourth-order valence-corrected chi connectivity index (χ4v) is 1.72. The zero-order chi connectivity index (χ0) is 9.15. The van der Waals surface area contributed by atoms with Crippen molar-refractivity contribution < 1.29 is 9.13 Å². The van der Waals surface area contributed by atoms with E-state index in [0.717, 1.165) is 5.56 Å². The van der Waals surface area contributed by atoms with E-state index in [0.29, 0.717) is 26.1 Å². The van der Waals surface area contributed by atoms with Crippen LogP contribution in [0, 0.1) is 0 Å². The maximum Gasteiger partial charge on any atom is 0.140 e. The molecule has 13 heavy (non-hydrogen) atoms. The molecule has 1 aromatic rings. The molecule has 0 N–H and O–H groups in total. The molecule has 1 heterocycles. The molecule has 0 spiro atoms. The monoisotopic (exact) mass is 180 g/mol. The molecule has 0 bridgehead atoms. The first-order valence-corrected chi connectivity index (χ1v) is 4.63. The van der Waals surface area contributed by atoms with E-state index >= 15 is 0 Å². The summed E-state index contributed by atoms with van der Waals surface area (Å²) >= 11 is 0. The lowest BCUT2D eigenvalue weighted by molar-refractivity contribution is -0.0114. The Bertz CT molecular complexity index is 265. The fourth-order valence-electron chi connectivity index (χ4n) is 1.72. The second-order valence-corrected chi connectivity index (χ2v) is 3.44. The van der Waals surface area contributed by atoms with Gasteiger partial charge in [-0.1, -0.05) is 30.3 Å². The maximum atomic E-state index is 14.2. The normalized spacial score (nSPS) is 21.3. The second-order valence-electron chi connectivity index (χ2n) is 3.44. The molecule has 0 radical (unpaired) electrons. The van der Waals surface area contributed by atoms with Gasteiger partial charge >= 0.3 is 0 Å². The summed E-state index contributed by atoms with van der Waals surface area (Å²) in [5, 5.41) is 0. The van der Waals surface area contributed by atoms with Gasteiger partial charge in [-0.15, -0.1) is 0 Å². The molecule has 0 amide bonds. The first kappa shape index (κ1) is 8.70. The maximum absolute atomic E-state index is 14.2. The number of hydrogen-bond donors (Lipinski definition) is 0. The second kappa shape index (κ2) is 3.46. The van der Waals surface area contributed by atoms with Crippen molar-refractivity contribution in [1.82, 2.24) is 0 Å². The third kappa shape index (κ3) is 1.73. The number of alkyl halides is 1. The molecular formula is C11H13FO. The third-order valence-electron chi connectivity index (χ3n) is 2.58. The Hall–Kier alpha value is -0.890. The van der Waals surface area contributed by atoms with Gasteiger partial charge in [0.05, 0.1) is 0 Å². The molecule has 0 atom stereocenters. The van der Waals surface area contributed by atoms with E-state index in [2.05, 4.69) is 0 Å². The minimum absolute atomic E-state index is 0.483. The molecule has 70 valence electrons. The quantitative estimate of drug-likeness (QED) is 0.645. The Morgan fingerprint density at radius 3 is 2.31 bits per heavy atom. The lowest BCUT2D eigenvalue weighted by atomic mass is 9.88. The first-order valence-electron chi connectivity index (χ1n) is 4.63. The summed E-state index contributed by atoms with van der Waals surface area (Å²) in [7, 11) is 0. The molecular weight excluding hydrogens is 167 g/mol. The Morgan fingerprint density at radius 1 is 1.08 bits per heavy atom. The molecule has 0 unspecified atom stereocenters. The number of hydrogen-bond acceptors (Lipinski definition) is 1. The van der Waals surface area contributed by atoms with Crippen molar-refractivity contribution in [2.24, 2.45) is 0 Å². The van der Waals surface area contributed by atoms with E-state index in [1.165, 1.54) is 0 Å². The molecule has 2 heteroatoms. The van der Waals surface area contributed by atoms with Crippen molar-refractivity contribution >= 4 is 0 Å². The van der Waals surface area contributed by atoms with Crippen molar-refractivity contribution in [2.75, 3.05) is 13.2 Å². The van der Waals surface area contributed by atoms with E-state index in [-0.39, 0.29) is 0 Å². The van der Waals surface area contributed by atoms with Crippen LogP contribution in [0.25, 0.3) is 0 Å². The van der Waals surface area contributed by atoms with Gasteiger partial charge in [0, 0.05) is 26.1 Å². The average molecular weight is 180 g/mol. The van der Waals surface area contributed by atoms with Crippen LogP contribution in [-0.4, -0.2) is 13.2 Å². The summed E-state index contributed by atoms with van der Waals surface area (Å²) in [5.41, 5.74) is -0.363. The van der Waals surface area contributed by atoms with E-state index in [1.54, 1.807) is 0 Å².